The Morgan fingerprint density at radius 2 is 1.08 bits per heavy atom. The summed E-state index contributed by atoms with van der Waals surface area (Å²) < 4.78 is 0. The first kappa shape index (κ1) is 18.3. The van der Waals surface area contributed by atoms with Crippen molar-refractivity contribution < 1.29 is 10.2 Å². The summed E-state index contributed by atoms with van der Waals surface area (Å²) in [5.41, 5.74) is 0. The van der Waals surface area contributed by atoms with E-state index in [-0.39, 0.29) is 0 Å². The first-order valence-electron chi connectivity index (χ1n) is 4.40. The van der Waals surface area contributed by atoms with E-state index < -0.39 is 12.2 Å². The Balaban J connectivity index is -0.000000101. The van der Waals surface area contributed by atoms with Gasteiger partial charge in [-0.1, -0.05) is 27.7 Å². The molecule has 0 saturated heterocycles. The Kier molecular flexibility index (Phi) is 26.7. The minimum absolute atomic E-state index is 0.417. The molecule has 0 radical (unpaired) electrons. The van der Waals surface area contributed by atoms with Crippen LogP contribution in [0.15, 0.2) is 0 Å². The molecule has 0 amide bonds. The molecule has 3 heteroatoms. The van der Waals surface area contributed by atoms with Gasteiger partial charge in [-0.15, -0.1) is 12.2 Å². The van der Waals surface area contributed by atoms with Crippen molar-refractivity contribution in [2.75, 3.05) is 0 Å². The van der Waals surface area contributed by atoms with Crippen molar-refractivity contribution in [1.29, 1.82) is 0 Å². The van der Waals surface area contributed by atoms with E-state index in [0.717, 1.165) is 0 Å². The summed E-state index contributed by atoms with van der Waals surface area (Å²) in [4.78, 5) is 0. The molecule has 0 heterocycles. The molecular weight excluding hydrogens is 167 g/mol. The van der Waals surface area contributed by atoms with Crippen molar-refractivity contribution in [3.63, 3.8) is 0 Å². The zero-order valence-electron chi connectivity index (χ0n) is 8.96. The van der Waals surface area contributed by atoms with Crippen LogP contribution < -0.4 is 10.2 Å². The first-order chi connectivity index (χ1) is 5.38. The second-order valence-corrected chi connectivity index (χ2v) is 3.46. The monoisotopic (exact) mass is 188 g/mol. The van der Waals surface area contributed by atoms with Crippen LogP contribution in [0.5, 0.6) is 0 Å². The van der Waals surface area contributed by atoms with Crippen LogP contribution in [0, 0.1) is 0 Å². The van der Waals surface area contributed by atoms with Crippen molar-refractivity contribution in [3.8, 4) is 0 Å². The summed E-state index contributed by atoms with van der Waals surface area (Å²) >= 11 is 2.66. The van der Waals surface area contributed by atoms with Gasteiger partial charge in [-0.05, 0) is 0 Å². The average Bonchev–Trinajstić information content (AvgIpc) is 1.85. The summed E-state index contributed by atoms with van der Waals surface area (Å²) in [6, 6.07) is 0. The molecule has 0 N–H and O–H groups in total. The van der Waals surface area contributed by atoms with Crippen LogP contribution >= 0.6 is 0 Å². The van der Waals surface area contributed by atoms with Crippen molar-refractivity contribution in [3.05, 3.63) is 0 Å². The van der Waals surface area contributed by atoms with E-state index in [9.17, 15) is 10.2 Å². The van der Waals surface area contributed by atoms with E-state index in [4.69, 9.17) is 0 Å². The summed E-state index contributed by atoms with van der Waals surface area (Å²) in [6.07, 6.45) is 0.449. The molecule has 0 unspecified atom stereocenters. The zero-order valence-corrected chi connectivity index (χ0v) is 10.1. The molecule has 0 bridgehead atoms. The molecule has 0 aromatic carbocycles. The van der Waals surface area contributed by atoms with Crippen molar-refractivity contribution in [1.82, 2.24) is 0 Å². The van der Waals surface area contributed by atoms with Gasteiger partial charge in [-0.2, -0.15) is 0 Å². The molecule has 0 aromatic rings. The Morgan fingerprint density at radius 1 is 1.00 bits per heavy atom. The van der Waals surface area contributed by atoms with E-state index in [1.54, 1.807) is 27.7 Å². The van der Waals surface area contributed by atoms with Crippen molar-refractivity contribution in [2.24, 2.45) is 0 Å². The van der Waals surface area contributed by atoms with Gasteiger partial charge in [0.1, 0.15) is 0 Å². The first-order valence-corrected chi connectivity index (χ1v) is 5.21. The molecule has 72 valence electrons. The van der Waals surface area contributed by atoms with Gasteiger partial charge in [0.05, 0.1) is 0 Å². The number of hydrogen-bond donors (Lipinski definition) is 0. The Hall–Kier alpha value is 0.452. The summed E-state index contributed by atoms with van der Waals surface area (Å²) in [7, 11) is 0. The third-order valence-corrected chi connectivity index (χ3v) is 0.866. The predicted molar refractivity (Wildman–Crippen MR) is 51.1 cm³/mol. The van der Waals surface area contributed by atoms with E-state index in [1.807, 2.05) is 0 Å². The Morgan fingerprint density at radius 3 is 1.08 bits per heavy atom. The van der Waals surface area contributed by atoms with Crippen molar-refractivity contribution in [2.45, 2.75) is 58.5 Å². The van der Waals surface area contributed by atoms with Gasteiger partial charge in [0.15, 0.2) is 0 Å². The normalized spacial score (nSPS) is 8.58. The molecule has 0 rings (SSSR count). The van der Waals surface area contributed by atoms with Gasteiger partial charge in [0, 0.05) is 0 Å². The molecule has 0 atom stereocenters. The quantitative estimate of drug-likeness (QED) is 0.562. The van der Waals surface area contributed by atoms with Gasteiger partial charge in [-0.3, -0.25) is 0 Å². The second kappa shape index (κ2) is 17.5. The number of hydrogen-bond acceptors (Lipinski definition) is 2. The van der Waals surface area contributed by atoms with Crippen LogP contribution in [0.25, 0.3) is 0 Å². The average molecular weight is 188 g/mol. The van der Waals surface area contributed by atoms with Gasteiger partial charge >= 0.3 is 34.9 Å². The summed E-state index contributed by atoms with van der Waals surface area (Å²) in [5.74, 6) is 0. The molecular formula is C9H21AlO2. The molecule has 0 aromatic heterocycles. The van der Waals surface area contributed by atoms with E-state index in [2.05, 4.69) is 23.2 Å². The van der Waals surface area contributed by atoms with Gasteiger partial charge < -0.3 is 10.2 Å². The third kappa shape index (κ3) is 443. The Bertz CT molecular complexity index is 43.0. The van der Waals surface area contributed by atoms with E-state index in [0.29, 0.717) is 0 Å². The van der Waals surface area contributed by atoms with Gasteiger partial charge in [0.2, 0.25) is 0 Å². The fourth-order valence-corrected chi connectivity index (χ4v) is 0. The minimum atomic E-state index is -0.417. The van der Waals surface area contributed by atoms with Crippen molar-refractivity contribution >= 4 is 16.3 Å². The van der Waals surface area contributed by atoms with Gasteiger partial charge in [0.25, 0.3) is 0 Å². The summed E-state index contributed by atoms with van der Waals surface area (Å²) in [5, 5.41) is 20.3. The van der Waals surface area contributed by atoms with Crippen LogP contribution in [0.3, 0.4) is 0 Å². The Labute approximate surface area is 85.4 Å². The van der Waals surface area contributed by atoms with Crippen LogP contribution in [-0.4, -0.2) is 28.5 Å². The number of rotatable bonds is 1. The zero-order chi connectivity index (χ0) is 10.6. The van der Waals surface area contributed by atoms with Crippen LogP contribution in [0.4, 0.5) is 0 Å². The molecule has 0 aliphatic carbocycles. The van der Waals surface area contributed by atoms with Crippen LogP contribution in [-0.2, 0) is 0 Å². The maximum atomic E-state index is 9.53. The SMILES string of the molecule is CC(C)[O-].CC(C)[O-].CC[CH2][Al+2]. The standard InChI is InChI=1S/2C3H7O.C3H7.Al/c2*1-3(2)4;1-3-2;/h2*3H,1-2H3;1,3H2,2H3;/q2*-1;;+2. The van der Waals surface area contributed by atoms with Crippen LogP contribution in [0.1, 0.15) is 41.0 Å². The fourth-order valence-electron chi connectivity index (χ4n) is 0. The molecule has 2 nitrogen and oxygen atoms in total. The predicted octanol–water partition coefficient (Wildman–Crippen LogP) is 0.493. The molecule has 0 saturated carbocycles. The topological polar surface area (TPSA) is 46.1 Å². The van der Waals surface area contributed by atoms with Gasteiger partial charge in [-0.25, -0.2) is 0 Å². The molecule has 0 aliphatic rings. The molecule has 0 spiro atoms. The second-order valence-electron chi connectivity index (χ2n) is 2.89. The summed E-state index contributed by atoms with van der Waals surface area (Å²) in [6.45, 7) is 8.60. The maximum absolute atomic E-state index is 9.53. The third-order valence-electron chi connectivity index (χ3n) is 0.289. The van der Waals surface area contributed by atoms with Crippen LogP contribution in [0.2, 0.25) is 5.28 Å². The molecule has 0 aliphatic heterocycles. The fraction of sp³-hybridized carbons (Fsp3) is 1.00. The molecule has 12 heavy (non-hydrogen) atoms. The van der Waals surface area contributed by atoms with E-state index in [1.165, 1.54) is 11.7 Å². The molecule has 0 fully saturated rings. The van der Waals surface area contributed by atoms with E-state index >= 15 is 0 Å².